The summed E-state index contributed by atoms with van der Waals surface area (Å²) in [6.45, 7) is 0. The number of rotatable bonds is 6. The van der Waals surface area contributed by atoms with E-state index in [1.807, 2.05) is 54.6 Å². The normalized spacial score (nSPS) is 11.9. The van der Waals surface area contributed by atoms with Crippen molar-refractivity contribution in [3.63, 3.8) is 0 Å². The number of methoxy groups -OCH3 is 1. The molecule has 0 aliphatic carbocycles. The summed E-state index contributed by atoms with van der Waals surface area (Å²) in [5, 5.41) is 3.03. The quantitative estimate of drug-likeness (QED) is 0.643. The number of carbonyl (C=O) groups is 1. The summed E-state index contributed by atoms with van der Waals surface area (Å²) >= 11 is 0. The Kier molecular flexibility index (Phi) is 6.00. The zero-order chi connectivity index (χ0) is 19.1. The Labute approximate surface area is 158 Å². The van der Waals surface area contributed by atoms with Crippen LogP contribution >= 0.6 is 0 Å². The molecule has 0 bridgehead atoms. The second kappa shape index (κ2) is 8.81. The van der Waals surface area contributed by atoms with Gasteiger partial charge in [0.1, 0.15) is 11.6 Å². The summed E-state index contributed by atoms with van der Waals surface area (Å²) in [5.41, 5.74) is 2.68. The molecule has 1 amide bonds. The van der Waals surface area contributed by atoms with E-state index in [0.717, 1.165) is 22.4 Å². The molecular formula is C23H20FNO2. The third-order valence-electron chi connectivity index (χ3n) is 4.17. The summed E-state index contributed by atoms with van der Waals surface area (Å²) in [6.07, 6.45) is 3.11. The molecule has 0 fully saturated rings. The first kappa shape index (κ1) is 18.4. The summed E-state index contributed by atoms with van der Waals surface area (Å²) in [5.74, 6) is 0.220. The summed E-state index contributed by atoms with van der Waals surface area (Å²) < 4.78 is 18.2. The van der Waals surface area contributed by atoms with Crippen molar-refractivity contribution >= 4 is 12.0 Å². The minimum Gasteiger partial charge on any atom is -0.497 e. The van der Waals surface area contributed by atoms with Gasteiger partial charge in [0, 0.05) is 6.08 Å². The van der Waals surface area contributed by atoms with E-state index in [9.17, 15) is 9.18 Å². The number of hydrogen-bond acceptors (Lipinski definition) is 2. The van der Waals surface area contributed by atoms with Crippen molar-refractivity contribution in [1.82, 2.24) is 5.32 Å². The average Bonchev–Trinajstić information content (AvgIpc) is 2.72. The number of nitrogens with one attached hydrogen (secondary N) is 1. The number of ether oxygens (including phenoxy) is 1. The fraction of sp³-hybridized carbons (Fsp3) is 0.0870. The maximum atomic E-state index is 13.0. The lowest BCUT2D eigenvalue weighted by molar-refractivity contribution is -0.116. The van der Waals surface area contributed by atoms with E-state index in [2.05, 4.69) is 5.32 Å². The number of halogens is 1. The van der Waals surface area contributed by atoms with Crippen molar-refractivity contribution in [3.8, 4) is 5.75 Å². The topological polar surface area (TPSA) is 38.3 Å². The van der Waals surface area contributed by atoms with Crippen LogP contribution in [0.4, 0.5) is 4.39 Å². The molecule has 4 heteroatoms. The van der Waals surface area contributed by atoms with Gasteiger partial charge in [-0.2, -0.15) is 0 Å². The minimum absolute atomic E-state index is 0.232. The van der Waals surface area contributed by atoms with Crippen LogP contribution in [0.25, 0.3) is 6.08 Å². The van der Waals surface area contributed by atoms with Crippen molar-refractivity contribution in [3.05, 3.63) is 107 Å². The van der Waals surface area contributed by atoms with Crippen LogP contribution in [0.1, 0.15) is 22.7 Å². The van der Waals surface area contributed by atoms with Gasteiger partial charge < -0.3 is 10.1 Å². The Bertz CT molecular complexity index is 903. The van der Waals surface area contributed by atoms with Gasteiger partial charge in [0.25, 0.3) is 0 Å². The highest BCUT2D eigenvalue weighted by atomic mass is 19.1. The van der Waals surface area contributed by atoms with Crippen LogP contribution in [-0.4, -0.2) is 13.0 Å². The van der Waals surface area contributed by atoms with Crippen LogP contribution in [-0.2, 0) is 4.79 Å². The van der Waals surface area contributed by atoms with E-state index in [1.165, 1.54) is 18.2 Å². The average molecular weight is 361 g/mol. The Balaban J connectivity index is 1.80. The van der Waals surface area contributed by atoms with Crippen LogP contribution in [0.3, 0.4) is 0 Å². The largest absolute Gasteiger partial charge is 0.497 e. The number of benzene rings is 3. The lowest BCUT2D eigenvalue weighted by atomic mass is 9.98. The molecule has 3 nitrogen and oxygen atoms in total. The highest BCUT2D eigenvalue weighted by molar-refractivity contribution is 5.92. The third-order valence-corrected chi connectivity index (χ3v) is 4.17. The standard InChI is InChI=1S/C23H20FNO2/c1-27-21-14-10-19(11-15-21)23(18-5-3-2-4-6-18)25-22(26)16-9-17-7-12-20(24)13-8-17/h2-16,23H,1H3,(H,25,26)/b16-9+/t23-/m1/s1. The van der Waals surface area contributed by atoms with E-state index in [0.29, 0.717) is 0 Å². The maximum Gasteiger partial charge on any atom is 0.244 e. The molecule has 27 heavy (non-hydrogen) atoms. The predicted octanol–water partition coefficient (Wildman–Crippen LogP) is 4.75. The number of amides is 1. The van der Waals surface area contributed by atoms with E-state index in [-0.39, 0.29) is 17.8 Å². The second-order valence-electron chi connectivity index (χ2n) is 6.01. The fourth-order valence-electron chi connectivity index (χ4n) is 2.74. The fourth-order valence-corrected chi connectivity index (χ4v) is 2.74. The van der Waals surface area contributed by atoms with Crippen LogP contribution < -0.4 is 10.1 Å². The van der Waals surface area contributed by atoms with Gasteiger partial charge in [-0.05, 0) is 47.0 Å². The minimum atomic E-state index is -0.305. The molecule has 0 saturated carbocycles. The number of carbonyl (C=O) groups excluding carboxylic acids is 1. The van der Waals surface area contributed by atoms with Gasteiger partial charge in [-0.1, -0.05) is 54.6 Å². The van der Waals surface area contributed by atoms with Crippen molar-refractivity contribution < 1.29 is 13.9 Å². The molecule has 136 valence electrons. The van der Waals surface area contributed by atoms with Crippen molar-refractivity contribution in [2.24, 2.45) is 0 Å². The zero-order valence-electron chi connectivity index (χ0n) is 14.9. The Hall–Kier alpha value is -3.40. The van der Waals surface area contributed by atoms with Crippen molar-refractivity contribution in [2.45, 2.75) is 6.04 Å². The first-order chi connectivity index (χ1) is 13.2. The molecule has 1 atom stereocenters. The van der Waals surface area contributed by atoms with Gasteiger partial charge in [-0.3, -0.25) is 4.79 Å². The van der Waals surface area contributed by atoms with Gasteiger partial charge in [-0.15, -0.1) is 0 Å². The van der Waals surface area contributed by atoms with Crippen molar-refractivity contribution in [1.29, 1.82) is 0 Å². The second-order valence-corrected chi connectivity index (χ2v) is 6.01. The number of hydrogen-bond donors (Lipinski definition) is 1. The van der Waals surface area contributed by atoms with E-state index >= 15 is 0 Å². The zero-order valence-corrected chi connectivity index (χ0v) is 14.9. The molecule has 0 aliphatic rings. The molecule has 0 spiro atoms. The highest BCUT2D eigenvalue weighted by Crippen LogP contribution is 2.24. The van der Waals surface area contributed by atoms with Gasteiger partial charge in [-0.25, -0.2) is 4.39 Å². The molecule has 0 heterocycles. The smallest absolute Gasteiger partial charge is 0.244 e. The first-order valence-corrected chi connectivity index (χ1v) is 8.59. The molecule has 3 aromatic carbocycles. The lowest BCUT2D eigenvalue weighted by Gasteiger charge is -2.19. The predicted molar refractivity (Wildman–Crippen MR) is 105 cm³/mol. The third kappa shape index (κ3) is 5.05. The van der Waals surface area contributed by atoms with E-state index in [1.54, 1.807) is 25.3 Å². The highest BCUT2D eigenvalue weighted by Gasteiger charge is 2.15. The van der Waals surface area contributed by atoms with Crippen molar-refractivity contribution in [2.75, 3.05) is 7.11 Å². The van der Waals surface area contributed by atoms with Crippen LogP contribution in [0, 0.1) is 5.82 Å². The van der Waals surface area contributed by atoms with Crippen LogP contribution in [0.5, 0.6) is 5.75 Å². The Morgan fingerprint density at radius 3 is 2.19 bits per heavy atom. The Morgan fingerprint density at radius 2 is 1.56 bits per heavy atom. The molecule has 3 rings (SSSR count). The summed E-state index contributed by atoms with van der Waals surface area (Å²) in [6, 6.07) is 23.0. The summed E-state index contributed by atoms with van der Waals surface area (Å²) in [4.78, 5) is 12.5. The SMILES string of the molecule is COc1ccc([C@H](NC(=O)/C=C/c2ccc(F)cc2)c2ccccc2)cc1. The van der Waals surface area contributed by atoms with E-state index < -0.39 is 0 Å². The van der Waals surface area contributed by atoms with Gasteiger partial charge in [0.05, 0.1) is 13.2 Å². The van der Waals surface area contributed by atoms with Crippen LogP contribution in [0.15, 0.2) is 84.9 Å². The molecule has 1 N–H and O–H groups in total. The maximum absolute atomic E-state index is 13.0. The molecular weight excluding hydrogens is 341 g/mol. The molecule has 0 radical (unpaired) electrons. The van der Waals surface area contributed by atoms with Gasteiger partial charge in [0.2, 0.25) is 5.91 Å². The summed E-state index contributed by atoms with van der Waals surface area (Å²) in [7, 11) is 1.62. The van der Waals surface area contributed by atoms with Crippen LogP contribution in [0.2, 0.25) is 0 Å². The molecule has 0 aromatic heterocycles. The van der Waals surface area contributed by atoms with E-state index in [4.69, 9.17) is 4.74 Å². The monoisotopic (exact) mass is 361 g/mol. The lowest BCUT2D eigenvalue weighted by Crippen LogP contribution is -2.27. The molecule has 0 unspecified atom stereocenters. The van der Waals surface area contributed by atoms with Gasteiger partial charge >= 0.3 is 0 Å². The first-order valence-electron chi connectivity index (χ1n) is 8.59. The Morgan fingerprint density at radius 1 is 0.926 bits per heavy atom. The molecule has 0 saturated heterocycles. The molecule has 3 aromatic rings. The molecule has 0 aliphatic heterocycles. The van der Waals surface area contributed by atoms with Gasteiger partial charge in [0.15, 0.2) is 0 Å².